The fourth-order valence-electron chi connectivity index (χ4n) is 4.03. The number of hydrogen-bond donors (Lipinski definition) is 1. The molecule has 4 rings (SSSR count). The average molecular weight is 443 g/mol. The van der Waals surface area contributed by atoms with Gasteiger partial charge in [0.15, 0.2) is 17.1 Å². The van der Waals surface area contributed by atoms with Crippen molar-refractivity contribution in [1.82, 2.24) is 19.9 Å². The maximum Gasteiger partial charge on any atom is 0.253 e. The molecule has 0 atom stereocenters. The molecular formula is C23H27ClN4O3. The third-order valence-corrected chi connectivity index (χ3v) is 5.75. The van der Waals surface area contributed by atoms with Gasteiger partial charge in [-0.25, -0.2) is 9.97 Å². The highest BCUT2D eigenvalue weighted by atomic mass is 35.5. The number of nitrogens with one attached hydrogen (secondary N) is 1. The summed E-state index contributed by atoms with van der Waals surface area (Å²) in [5.74, 6) is 1.88. The number of methoxy groups -OCH3 is 1. The fourth-order valence-corrected chi connectivity index (χ4v) is 4.31. The van der Waals surface area contributed by atoms with E-state index in [4.69, 9.17) is 26.1 Å². The lowest BCUT2D eigenvalue weighted by Crippen LogP contribution is -2.23. The van der Waals surface area contributed by atoms with Crippen LogP contribution in [0.15, 0.2) is 18.2 Å². The molecule has 0 bridgehead atoms. The van der Waals surface area contributed by atoms with Crippen molar-refractivity contribution in [1.29, 1.82) is 0 Å². The number of halogens is 1. The van der Waals surface area contributed by atoms with Crippen LogP contribution in [-0.2, 0) is 19.5 Å². The highest BCUT2D eigenvalue weighted by Crippen LogP contribution is 2.36. The van der Waals surface area contributed by atoms with Gasteiger partial charge >= 0.3 is 0 Å². The van der Waals surface area contributed by atoms with Crippen LogP contribution in [0, 0.1) is 6.92 Å². The number of benzene rings is 1. The zero-order valence-corrected chi connectivity index (χ0v) is 18.9. The molecule has 7 nitrogen and oxygen atoms in total. The van der Waals surface area contributed by atoms with Crippen molar-refractivity contribution in [2.45, 2.75) is 52.6 Å². The summed E-state index contributed by atoms with van der Waals surface area (Å²) in [6.45, 7) is 5.48. The van der Waals surface area contributed by atoms with E-state index in [1.807, 2.05) is 19.9 Å². The van der Waals surface area contributed by atoms with Crippen molar-refractivity contribution >= 4 is 28.7 Å². The number of rotatable bonds is 6. The van der Waals surface area contributed by atoms with E-state index < -0.39 is 0 Å². The highest BCUT2D eigenvalue weighted by Gasteiger charge is 2.21. The first-order valence-electron chi connectivity index (χ1n) is 10.7. The van der Waals surface area contributed by atoms with Crippen molar-refractivity contribution in [3.05, 3.63) is 45.9 Å². The van der Waals surface area contributed by atoms with Gasteiger partial charge in [0.05, 0.1) is 24.3 Å². The number of hydrogen-bond acceptors (Lipinski definition) is 5. The Labute approximate surface area is 186 Å². The maximum atomic E-state index is 13.1. The molecule has 0 saturated carbocycles. The van der Waals surface area contributed by atoms with E-state index >= 15 is 0 Å². The molecule has 0 aliphatic carbocycles. The van der Waals surface area contributed by atoms with E-state index in [-0.39, 0.29) is 5.91 Å². The molecule has 0 fully saturated rings. The van der Waals surface area contributed by atoms with Gasteiger partial charge in [0.1, 0.15) is 11.3 Å². The van der Waals surface area contributed by atoms with Gasteiger partial charge < -0.3 is 19.4 Å². The molecule has 3 heterocycles. The monoisotopic (exact) mass is 442 g/mol. The number of carbonyl (C=O) groups excluding carboxylic acids is 1. The Morgan fingerprint density at radius 2 is 2.06 bits per heavy atom. The topological polar surface area (TPSA) is 78.3 Å². The molecule has 0 radical (unpaired) electrons. The highest BCUT2D eigenvalue weighted by molar-refractivity contribution is 6.32. The summed E-state index contributed by atoms with van der Waals surface area (Å²) < 4.78 is 13.1. The number of nitrogens with zero attached hydrogens (tertiary/aromatic N) is 3. The van der Waals surface area contributed by atoms with Gasteiger partial charge in [0.25, 0.3) is 5.91 Å². The van der Waals surface area contributed by atoms with Crippen LogP contribution in [0.1, 0.15) is 53.6 Å². The van der Waals surface area contributed by atoms with Gasteiger partial charge in [-0.1, -0.05) is 18.0 Å². The van der Waals surface area contributed by atoms with Crippen LogP contribution < -0.4 is 14.8 Å². The van der Waals surface area contributed by atoms with Crippen LogP contribution >= 0.6 is 11.6 Å². The van der Waals surface area contributed by atoms with Gasteiger partial charge in [-0.05, 0) is 50.5 Å². The SMILES string of the molecule is CCOc1c(Cl)cc(CNC(=O)c2cc(C)nc3c2nc2n3CCCCC2)cc1OC. The molecule has 0 unspecified atom stereocenters. The van der Waals surface area contributed by atoms with Crippen LogP contribution in [0.4, 0.5) is 0 Å². The van der Waals surface area contributed by atoms with Crippen molar-refractivity contribution < 1.29 is 14.3 Å². The van der Waals surface area contributed by atoms with E-state index in [1.54, 1.807) is 19.2 Å². The van der Waals surface area contributed by atoms with Crippen molar-refractivity contribution in [2.75, 3.05) is 13.7 Å². The minimum absolute atomic E-state index is 0.187. The summed E-state index contributed by atoms with van der Waals surface area (Å²) in [7, 11) is 1.57. The summed E-state index contributed by atoms with van der Waals surface area (Å²) in [6, 6.07) is 5.40. The Morgan fingerprint density at radius 3 is 2.84 bits per heavy atom. The average Bonchev–Trinajstić information content (AvgIpc) is 2.93. The lowest BCUT2D eigenvalue weighted by molar-refractivity contribution is 0.0952. The Morgan fingerprint density at radius 1 is 1.23 bits per heavy atom. The summed E-state index contributed by atoms with van der Waals surface area (Å²) in [5.41, 5.74) is 3.64. The third-order valence-electron chi connectivity index (χ3n) is 5.47. The van der Waals surface area contributed by atoms with Crippen molar-refractivity contribution in [3.63, 3.8) is 0 Å². The Bertz CT molecular complexity index is 1130. The van der Waals surface area contributed by atoms with Crippen molar-refractivity contribution in [2.24, 2.45) is 0 Å². The molecule has 31 heavy (non-hydrogen) atoms. The van der Waals surface area contributed by atoms with Crippen LogP contribution in [0.2, 0.25) is 5.02 Å². The zero-order chi connectivity index (χ0) is 22.0. The Balaban J connectivity index is 1.60. The fraction of sp³-hybridized carbons (Fsp3) is 0.435. The quantitative estimate of drug-likeness (QED) is 0.609. The minimum atomic E-state index is -0.187. The van der Waals surface area contributed by atoms with Crippen molar-refractivity contribution in [3.8, 4) is 11.5 Å². The molecule has 1 N–H and O–H groups in total. The van der Waals surface area contributed by atoms with Crippen LogP contribution in [0.5, 0.6) is 11.5 Å². The molecule has 3 aromatic rings. The lowest BCUT2D eigenvalue weighted by Gasteiger charge is -2.14. The number of aromatic nitrogens is 3. The van der Waals surface area contributed by atoms with E-state index in [1.165, 1.54) is 6.42 Å². The first-order valence-corrected chi connectivity index (χ1v) is 11.0. The number of amides is 1. The first kappa shape index (κ1) is 21.4. The molecule has 1 aliphatic rings. The summed E-state index contributed by atoms with van der Waals surface area (Å²) in [6.07, 6.45) is 4.33. The van der Waals surface area contributed by atoms with E-state index in [9.17, 15) is 4.79 Å². The number of imidazole rings is 1. The minimum Gasteiger partial charge on any atom is -0.493 e. The molecule has 1 aliphatic heterocycles. The molecule has 1 aromatic carbocycles. The second-order valence-electron chi connectivity index (χ2n) is 7.70. The number of ether oxygens (including phenoxy) is 2. The van der Waals surface area contributed by atoms with E-state index in [2.05, 4.69) is 14.9 Å². The first-order chi connectivity index (χ1) is 15.0. The predicted octanol–water partition coefficient (Wildman–Crippen LogP) is 4.46. The standard InChI is InChI=1S/C23H27ClN4O3/c1-4-31-21-17(24)11-15(12-18(21)30-3)13-25-23(29)16-10-14(2)26-22-20(16)27-19-8-6-5-7-9-28(19)22/h10-12H,4-9,13H2,1-3H3,(H,25,29). The summed E-state index contributed by atoms with van der Waals surface area (Å²) >= 11 is 6.36. The second kappa shape index (κ2) is 9.14. The normalized spacial score (nSPS) is 13.5. The maximum absolute atomic E-state index is 13.1. The van der Waals surface area contributed by atoms with Crippen LogP contribution in [-0.4, -0.2) is 34.2 Å². The number of pyridine rings is 1. The smallest absolute Gasteiger partial charge is 0.253 e. The van der Waals surface area contributed by atoms with Crippen LogP contribution in [0.25, 0.3) is 11.2 Å². The van der Waals surface area contributed by atoms with Gasteiger partial charge in [-0.2, -0.15) is 0 Å². The third kappa shape index (κ3) is 4.32. The number of aryl methyl sites for hydroxylation is 3. The van der Waals surface area contributed by atoms with Gasteiger partial charge in [0, 0.05) is 25.2 Å². The zero-order valence-electron chi connectivity index (χ0n) is 18.1. The van der Waals surface area contributed by atoms with Gasteiger partial charge in [-0.15, -0.1) is 0 Å². The number of fused-ring (bicyclic) bond motifs is 3. The summed E-state index contributed by atoms with van der Waals surface area (Å²) in [4.78, 5) is 22.6. The second-order valence-corrected chi connectivity index (χ2v) is 8.11. The largest absolute Gasteiger partial charge is 0.493 e. The summed E-state index contributed by atoms with van der Waals surface area (Å²) in [5, 5.41) is 3.44. The molecule has 1 amide bonds. The van der Waals surface area contributed by atoms with Crippen LogP contribution in [0.3, 0.4) is 0 Å². The van der Waals surface area contributed by atoms with Gasteiger partial charge in [-0.3, -0.25) is 4.79 Å². The molecule has 2 aromatic heterocycles. The lowest BCUT2D eigenvalue weighted by atomic mass is 10.1. The van der Waals surface area contributed by atoms with E-state index in [0.29, 0.717) is 40.8 Å². The van der Waals surface area contributed by atoms with E-state index in [0.717, 1.165) is 48.5 Å². The number of carbonyl (C=O) groups is 1. The Hall–Kier alpha value is -2.80. The molecular weight excluding hydrogens is 416 g/mol. The molecule has 164 valence electrons. The predicted molar refractivity (Wildman–Crippen MR) is 120 cm³/mol. The van der Waals surface area contributed by atoms with Gasteiger partial charge in [0.2, 0.25) is 0 Å². The molecule has 0 saturated heterocycles. The Kier molecular flexibility index (Phi) is 6.32. The molecule has 0 spiro atoms. The molecule has 8 heteroatoms.